The fourth-order valence-corrected chi connectivity index (χ4v) is 2.38. The standard InChI is InChI=1S/C9H9N3OS.BH2O2/c1-4-2-5-7(14-4)6(9(11)13)3-12-8(5)10;2-1-3/h2-3H,1H3,(H2,10,12)(H2,11,13);2-3H. The second kappa shape index (κ2) is 5.62. The Morgan fingerprint density at radius 1 is 1.53 bits per heavy atom. The molecule has 2 aromatic heterocycles. The number of pyridine rings is 1. The minimum absolute atomic E-state index is 0. The molecule has 0 saturated carbocycles. The van der Waals surface area contributed by atoms with E-state index in [1.165, 1.54) is 17.5 Å². The highest BCUT2D eigenvalue weighted by atomic mass is 32.1. The Morgan fingerprint density at radius 2 is 2.12 bits per heavy atom. The molecule has 2 aromatic rings. The number of nitrogens with two attached hydrogens (primary N) is 2. The highest BCUT2D eigenvalue weighted by Crippen LogP contribution is 2.30. The first kappa shape index (κ1) is 13.4. The number of nitrogens with zero attached hydrogens (tertiary/aromatic N) is 1. The summed E-state index contributed by atoms with van der Waals surface area (Å²) in [6.07, 6.45) is 1.43. The number of carbonyl (C=O) groups is 1. The maximum Gasteiger partial charge on any atom is 0.482 e. The van der Waals surface area contributed by atoms with Crippen molar-refractivity contribution < 1.29 is 14.8 Å². The summed E-state index contributed by atoms with van der Waals surface area (Å²) in [7, 11) is 0. The average Bonchev–Trinajstić information content (AvgIpc) is 2.61. The molecular weight excluding hydrogens is 241 g/mol. The first-order chi connectivity index (χ1) is 8.01. The molecular formula is C9H11BN3O3S. The molecule has 1 radical (unpaired) electrons. The van der Waals surface area contributed by atoms with Crippen LogP contribution in [0.5, 0.6) is 0 Å². The van der Waals surface area contributed by atoms with Gasteiger partial charge in [0.1, 0.15) is 5.82 Å². The van der Waals surface area contributed by atoms with Crippen molar-refractivity contribution in [3.63, 3.8) is 0 Å². The third-order valence-electron chi connectivity index (χ3n) is 1.97. The van der Waals surface area contributed by atoms with Crippen LogP contribution in [0.15, 0.2) is 12.3 Å². The molecule has 0 saturated heterocycles. The van der Waals surface area contributed by atoms with Crippen molar-refractivity contribution in [2.24, 2.45) is 5.73 Å². The Labute approximate surface area is 102 Å². The van der Waals surface area contributed by atoms with Crippen LogP contribution in [0.2, 0.25) is 0 Å². The maximum absolute atomic E-state index is 11.1. The number of aryl methyl sites for hydroxylation is 1. The predicted octanol–water partition coefficient (Wildman–Crippen LogP) is -0.209. The third kappa shape index (κ3) is 2.93. The fraction of sp³-hybridized carbons (Fsp3) is 0.111. The van der Waals surface area contributed by atoms with Crippen LogP contribution in [-0.2, 0) is 0 Å². The van der Waals surface area contributed by atoms with Crippen molar-refractivity contribution in [3.8, 4) is 0 Å². The molecule has 0 aromatic carbocycles. The van der Waals surface area contributed by atoms with Crippen molar-refractivity contribution in [3.05, 3.63) is 22.7 Å². The number of carbonyl (C=O) groups excluding carboxylic acids is 1. The van der Waals surface area contributed by atoms with E-state index in [-0.39, 0.29) is 7.69 Å². The van der Waals surface area contributed by atoms with Gasteiger partial charge in [-0.1, -0.05) is 0 Å². The monoisotopic (exact) mass is 252 g/mol. The average molecular weight is 252 g/mol. The number of hydrogen-bond donors (Lipinski definition) is 4. The smallest absolute Gasteiger partial charge is 0.429 e. The summed E-state index contributed by atoms with van der Waals surface area (Å²) in [5, 5.41) is 14.8. The number of nitrogen functional groups attached to an aromatic ring is 1. The van der Waals surface area contributed by atoms with E-state index in [0.717, 1.165) is 15.0 Å². The van der Waals surface area contributed by atoms with Crippen LogP contribution >= 0.6 is 11.3 Å². The van der Waals surface area contributed by atoms with Crippen molar-refractivity contribution in [2.45, 2.75) is 6.92 Å². The van der Waals surface area contributed by atoms with E-state index in [0.29, 0.717) is 11.4 Å². The van der Waals surface area contributed by atoms with Gasteiger partial charge >= 0.3 is 7.69 Å². The van der Waals surface area contributed by atoms with Gasteiger partial charge in [-0.05, 0) is 13.0 Å². The van der Waals surface area contributed by atoms with Crippen LogP contribution in [-0.4, -0.2) is 28.6 Å². The maximum atomic E-state index is 11.1. The van der Waals surface area contributed by atoms with Crippen LogP contribution in [0.25, 0.3) is 10.1 Å². The molecule has 0 atom stereocenters. The van der Waals surface area contributed by atoms with Gasteiger partial charge < -0.3 is 21.5 Å². The first-order valence-electron chi connectivity index (χ1n) is 4.55. The Kier molecular flexibility index (Phi) is 4.44. The molecule has 17 heavy (non-hydrogen) atoms. The quantitative estimate of drug-likeness (QED) is 0.523. The number of rotatable bonds is 1. The molecule has 6 N–H and O–H groups in total. The Balaban J connectivity index is 0.000000437. The van der Waals surface area contributed by atoms with E-state index in [1.807, 2.05) is 13.0 Å². The molecule has 8 heteroatoms. The van der Waals surface area contributed by atoms with Crippen molar-refractivity contribution in [1.82, 2.24) is 4.98 Å². The summed E-state index contributed by atoms with van der Waals surface area (Å²) in [5.41, 5.74) is 11.3. The third-order valence-corrected chi connectivity index (χ3v) is 3.06. The molecule has 0 spiro atoms. The summed E-state index contributed by atoms with van der Waals surface area (Å²) in [6, 6.07) is 1.91. The lowest BCUT2D eigenvalue weighted by molar-refractivity contribution is 0.100. The van der Waals surface area contributed by atoms with Gasteiger partial charge in [0, 0.05) is 16.5 Å². The zero-order chi connectivity index (χ0) is 13.0. The van der Waals surface area contributed by atoms with Gasteiger partial charge in [0.15, 0.2) is 0 Å². The van der Waals surface area contributed by atoms with E-state index >= 15 is 0 Å². The molecule has 0 aliphatic heterocycles. The number of thiophene rings is 1. The number of hydrogen-bond acceptors (Lipinski definition) is 6. The normalized spacial score (nSPS) is 9.59. The molecule has 0 aliphatic rings. The lowest BCUT2D eigenvalue weighted by Crippen LogP contribution is -2.11. The Morgan fingerprint density at radius 3 is 2.65 bits per heavy atom. The van der Waals surface area contributed by atoms with Gasteiger partial charge in [0.05, 0.1) is 10.3 Å². The van der Waals surface area contributed by atoms with E-state index in [2.05, 4.69) is 4.98 Å². The van der Waals surface area contributed by atoms with Gasteiger partial charge in [-0.15, -0.1) is 11.3 Å². The summed E-state index contributed by atoms with van der Waals surface area (Å²) in [4.78, 5) is 16.1. The Hall–Kier alpha value is -1.64. The van der Waals surface area contributed by atoms with Crippen LogP contribution in [0.4, 0.5) is 5.82 Å². The largest absolute Gasteiger partial charge is 0.482 e. The SMILES string of the molecule is Cc1cc2c(N)ncc(C(N)=O)c2s1.O[B]O. The van der Waals surface area contributed by atoms with Crippen LogP contribution < -0.4 is 11.5 Å². The Bertz CT molecular complexity index is 544. The molecule has 0 unspecified atom stereocenters. The summed E-state index contributed by atoms with van der Waals surface area (Å²) < 4.78 is 0.822. The van der Waals surface area contributed by atoms with Gasteiger partial charge in [-0.2, -0.15) is 0 Å². The minimum atomic E-state index is -0.468. The topological polar surface area (TPSA) is 122 Å². The second-order valence-electron chi connectivity index (χ2n) is 3.14. The van der Waals surface area contributed by atoms with Gasteiger partial charge in [-0.3, -0.25) is 4.79 Å². The van der Waals surface area contributed by atoms with Crippen molar-refractivity contribution in [2.75, 3.05) is 5.73 Å². The molecule has 0 fully saturated rings. The van der Waals surface area contributed by atoms with E-state index in [1.54, 1.807) is 0 Å². The molecule has 2 heterocycles. The molecule has 1 amide bonds. The molecule has 6 nitrogen and oxygen atoms in total. The lowest BCUT2D eigenvalue weighted by Gasteiger charge is -1.99. The van der Waals surface area contributed by atoms with Gasteiger partial charge in [0.25, 0.3) is 5.91 Å². The van der Waals surface area contributed by atoms with E-state index < -0.39 is 5.91 Å². The van der Waals surface area contributed by atoms with Crippen molar-refractivity contribution in [1.29, 1.82) is 0 Å². The molecule has 0 bridgehead atoms. The number of anilines is 1. The zero-order valence-electron chi connectivity index (χ0n) is 9.04. The summed E-state index contributed by atoms with van der Waals surface area (Å²) in [5.74, 6) is -0.0290. The first-order valence-corrected chi connectivity index (χ1v) is 5.37. The lowest BCUT2D eigenvalue weighted by atomic mass is 10.2. The fourth-order valence-electron chi connectivity index (χ4n) is 1.34. The molecule has 0 aliphatic carbocycles. The summed E-state index contributed by atoms with van der Waals surface area (Å²) in [6.45, 7) is 1.95. The van der Waals surface area contributed by atoms with Crippen molar-refractivity contribution >= 4 is 40.8 Å². The number of primary amides is 1. The van der Waals surface area contributed by atoms with Crippen LogP contribution in [0.3, 0.4) is 0 Å². The molecule has 2 rings (SSSR count). The van der Waals surface area contributed by atoms with Gasteiger partial charge in [0.2, 0.25) is 0 Å². The van der Waals surface area contributed by atoms with Crippen LogP contribution in [0.1, 0.15) is 15.2 Å². The zero-order valence-corrected chi connectivity index (χ0v) is 9.86. The number of amides is 1. The minimum Gasteiger partial charge on any atom is -0.429 e. The van der Waals surface area contributed by atoms with E-state index in [4.69, 9.17) is 21.5 Å². The van der Waals surface area contributed by atoms with E-state index in [9.17, 15) is 4.79 Å². The summed E-state index contributed by atoms with van der Waals surface area (Å²) >= 11 is 1.50. The van der Waals surface area contributed by atoms with Gasteiger partial charge in [-0.25, -0.2) is 4.98 Å². The predicted molar refractivity (Wildman–Crippen MR) is 67.5 cm³/mol. The number of aromatic nitrogens is 1. The highest BCUT2D eigenvalue weighted by Gasteiger charge is 2.11. The molecule has 89 valence electrons. The second-order valence-corrected chi connectivity index (χ2v) is 4.39. The van der Waals surface area contributed by atoms with Crippen LogP contribution in [0, 0.1) is 6.92 Å². The number of fused-ring (bicyclic) bond motifs is 1. The highest BCUT2D eigenvalue weighted by molar-refractivity contribution is 7.19.